The first-order valence-corrected chi connectivity index (χ1v) is 10.6. The molecule has 0 fully saturated rings. The van der Waals surface area contributed by atoms with Crippen LogP contribution in [-0.2, 0) is 22.6 Å². The van der Waals surface area contributed by atoms with Gasteiger partial charge in [-0.15, -0.1) is 0 Å². The quantitative estimate of drug-likeness (QED) is 0.677. The van der Waals surface area contributed by atoms with Crippen molar-refractivity contribution in [3.8, 4) is 0 Å². The summed E-state index contributed by atoms with van der Waals surface area (Å²) in [6, 6.07) is 15.6. The van der Waals surface area contributed by atoms with E-state index < -0.39 is 6.04 Å². The fourth-order valence-electron chi connectivity index (χ4n) is 3.33. The van der Waals surface area contributed by atoms with Gasteiger partial charge in [-0.2, -0.15) is 0 Å². The summed E-state index contributed by atoms with van der Waals surface area (Å²) >= 11 is 0. The summed E-state index contributed by atoms with van der Waals surface area (Å²) in [6.45, 7) is 10.5. The van der Waals surface area contributed by atoms with Crippen LogP contribution in [0.3, 0.4) is 0 Å². The van der Waals surface area contributed by atoms with Crippen molar-refractivity contribution in [3.63, 3.8) is 0 Å². The summed E-state index contributed by atoms with van der Waals surface area (Å²) in [7, 11) is 0. The van der Waals surface area contributed by atoms with Gasteiger partial charge < -0.3 is 10.2 Å². The summed E-state index contributed by atoms with van der Waals surface area (Å²) < 4.78 is 0. The van der Waals surface area contributed by atoms with Crippen LogP contribution in [0.4, 0.5) is 0 Å². The van der Waals surface area contributed by atoms with Crippen LogP contribution < -0.4 is 5.32 Å². The van der Waals surface area contributed by atoms with Crippen molar-refractivity contribution in [2.75, 3.05) is 0 Å². The van der Waals surface area contributed by atoms with Gasteiger partial charge in [0, 0.05) is 12.6 Å². The molecule has 0 saturated heterocycles. The highest BCUT2D eigenvalue weighted by atomic mass is 16.2. The average molecular weight is 395 g/mol. The zero-order valence-electron chi connectivity index (χ0n) is 18.4. The first kappa shape index (κ1) is 22.7. The molecule has 4 nitrogen and oxygen atoms in total. The molecule has 0 unspecified atom stereocenters. The predicted molar refractivity (Wildman–Crippen MR) is 119 cm³/mol. The van der Waals surface area contributed by atoms with E-state index in [9.17, 15) is 9.59 Å². The van der Waals surface area contributed by atoms with E-state index in [-0.39, 0.29) is 17.9 Å². The van der Waals surface area contributed by atoms with Crippen LogP contribution in [0, 0.1) is 13.8 Å². The van der Waals surface area contributed by atoms with Gasteiger partial charge in [-0.1, -0.05) is 62.4 Å². The van der Waals surface area contributed by atoms with Crippen molar-refractivity contribution in [1.29, 1.82) is 0 Å². The lowest BCUT2D eigenvalue weighted by Crippen LogP contribution is -2.51. The van der Waals surface area contributed by atoms with Gasteiger partial charge in [-0.25, -0.2) is 0 Å². The van der Waals surface area contributed by atoms with E-state index in [2.05, 4.69) is 25.2 Å². The molecule has 2 aromatic rings. The molecular formula is C25H34N2O2. The number of carbonyl (C=O) groups is 2. The lowest BCUT2D eigenvalue weighted by molar-refractivity contribution is -0.141. The average Bonchev–Trinajstić information content (AvgIpc) is 2.71. The van der Waals surface area contributed by atoms with E-state index in [0.717, 1.165) is 17.5 Å². The first-order valence-electron chi connectivity index (χ1n) is 10.6. The van der Waals surface area contributed by atoms with E-state index in [1.807, 2.05) is 63.2 Å². The number of rotatable bonds is 9. The van der Waals surface area contributed by atoms with E-state index in [1.54, 1.807) is 4.90 Å². The maximum Gasteiger partial charge on any atom is 0.243 e. The molecule has 2 aromatic carbocycles. The normalized spacial score (nSPS) is 12.9. The minimum atomic E-state index is -0.483. The fourth-order valence-corrected chi connectivity index (χ4v) is 3.33. The monoisotopic (exact) mass is 394 g/mol. The zero-order chi connectivity index (χ0) is 21.4. The van der Waals surface area contributed by atoms with Crippen LogP contribution in [-0.4, -0.2) is 28.8 Å². The molecular weight excluding hydrogens is 360 g/mol. The Morgan fingerprint density at radius 1 is 0.931 bits per heavy atom. The lowest BCUT2D eigenvalue weighted by atomic mass is 10.0. The van der Waals surface area contributed by atoms with Gasteiger partial charge in [0.25, 0.3) is 0 Å². The molecule has 2 amide bonds. The highest BCUT2D eigenvalue weighted by molar-refractivity contribution is 5.88. The maximum absolute atomic E-state index is 13.3. The number of amides is 2. The number of nitrogens with zero attached hydrogens (tertiary/aromatic N) is 1. The molecule has 4 heteroatoms. The van der Waals surface area contributed by atoms with Crippen LogP contribution in [0.5, 0.6) is 0 Å². The third kappa shape index (κ3) is 6.45. The molecule has 0 aliphatic heterocycles. The van der Waals surface area contributed by atoms with Gasteiger partial charge >= 0.3 is 0 Å². The lowest BCUT2D eigenvalue weighted by Gasteiger charge is -2.31. The predicted octanol–water partition coefficient (Wildman–Crippen LogP) is 4.57. The number of carbonyl (C=O) groups excluding carboxylic acids is 2. The molecule has 0 aliphatic carbocycles. The van der Waals surface area contributed by atoms with Gasteiger partial charge in [0.05, 0.1) is 6.42 Å². The van der Waals surface area contributed by atoms with Gasteiger partial charge in [0.1, 0.15) is 6.04 Å². The Balaban J connectivity index is 2.27. The molecule has 0 bridgehead atoms. The number of aryl methyl sites for hydroxylation is 2. The Morgan fingerprint density at radius 2 is 1.62 bits per heavy atom. The van der Waals surface area contributed by atoms with E-state index in [1.165, 1.54) is 11.1 Å². The van der Waals surface area contributed by atoms with Gasteiger partial charge in [0.15, 0.2) is 0 Å². The Labute approximate surface area is 175 Å². The molecule has 0 spiro atoms. The fraction of sp³-hybridized carbons (Fsp3) is 0.440. The van der Waals surface area contributed by atoms with Crippen LogP contribution in [0.25, 0.3) is 0 Å². The number of nitrogens with one attached hydrogen (secondary N) is 1. The van der Waals surface area contributed by atoms with Gasteiger partial charge in [-0.3, -0.25) is 9.59 Å². The summed E-state index contributed by atoms with van der Waals surface area (Å²) in [4.78, 5) is 28.0. The molecule has 0 saturated carbocycles. The Kier molecular flexibility index (Phi) is 8.44. The molecule has 2 rings (SSSR count). The number of benzene rings is 2. The summed E-state index contributed by atoms with van der Waals surface area (Å²) in [5.41, 5.74) is 4.39. The highest BCUT2D eigenvalue weighted by Gasteiger charge is 2.29. The molecule has 0 aliphatic rings. The van der Waals surface area contributed by atoms with Crippen LogP contribution in [0.2, 0.25) is 0 Å². The highest BCUT2D eigenvalue weighted by Crippen LogP contribution is 2.16. The zero-order valence-corrected chi connectivity index (χ0v) is 18.4. The second-order valence-electron chi connectivity index (χ2n) is 7.84. The summed E-state index contributed by atoms with van der Waals surface area (Å²) in [5.74, 6) is -0.102. The molecule has 0 aromatic heterocycles. The van der Waals surface area contributed by atoms with Crippen molar-refractivity contribution < 1.29 is 9.59 Å². The second kappa shape index (κ2) is 10.8. The topological polar surface area (TPSA) is 49.4 Å². The summed E-state index contributed by atoms with van der Waals surface area (Å²) in [5, 5.41) is 3.05. The Morgan fingerprint density at radius 3 is 2.21 bits per heavy atom. The molecule has 0 radical (unpaired) electrons. The van der Waals surface area contributed by atoms with Crippen LogP contribution in [0.1, 0.15) is 55.9 Å². The Bertz CT molecular complexity index is 817. The minimum absolute atomic E-state index is 0.0248. The molecule has 1 N–H and O–H groups in total. The van der Waals surface area contributed by atoms with E-state index >= 15 is 0 Å². The Hall–Kier alpha value is -2.62. The van der Waals surface area contributed by atoms with Crippen molar-refractivity contribution in [2.24, 2.45) is 0 Å². The molecule has 0 heterocycles. The third-order valence-corrected chi connectivity index (χ3v) is 5.51. The first-order chi connectivity index (χ1) is 13.8. The van der Waals surface area contributed by atoms with Gasteiger partial charge in [0.2, 0.25) is 11.8 Å². The minimum Gasteiger partial charge on any atom is -0.352 e. The molecule has 29 heavy (non-hydrogen) atoms. The standard InChI is InChI=1S/C25H34N2O2/c1-6-20(5)26-25(29)23(7-2)27(17-21-11-9-8-10-12-21)24(28)16-22-14-13-18(3)19(4)15-22/h8-15,20,23H,6-7,16-17H2,1-5H3,(H,26,29)/t20-,23+/m1/s1. The number of hydrogen-bond donors (Lipinski definition) is 1. The van der Waals surface area contributed by atoms with Crippen molar-refractivity contribution >= 4 is 11.8 Å². The second-order valence-corrected chi connectivity index (χ2v) is 7.84. The smallest absolute Gasteiger partial charge is 0.243 e. The molecule has 156 valence electrons. The van der Waals surface area contributed by atoms with Crippen molar-refractivity contribution in [2.45, 2.75) is 72.5 Å². The third-order valence-electron chi connectivity index (χ3n) is 5.51. The van der Waals surface area contributed by atoms with Crippen LogP contribution >= 0.6 is 0 Å². The SMILES string of the molecule is CC[C@@H](C)NC(=O)[C@H](CC)N(Cc1ccccc1)C(=O)Cc1ccc(C)c(C)c1. The van der Waals surface area contributed by atoms with Crippen molar-refractivity contribution in [3.05, 3.63) is 70.8 Å². The summed E-state index contributed by atoms with van der Waals surface area (Å²) in [6.07, 6.45) is 1.73. The van der Waals surface area contributed by atoms with E-state index in [0.29, 0.717) is 19.4 Å². The number of hydrogen-bond acceptors (Lipinski definition) is 2. The van der Waals surface area contributed by atoms with E-state index in [4.69, 9.17) is 0 Å². The molecule has 2 atom stereocenters. The largest absolute Gasteiger partial charge is 0.352 e. The van der Waals surface area contributed by atoms with Crippen molar-refractivity contribution in [1.82, 2.24) is 10.2 Å². The maximum atomic E-state index is 13.3. The van der Waals surface area contributed by atoms with Crippen LogP contribution in [0.15, 0.2) is 48.5 Å². The van der Waals surface area contributed by atoms with Gasteiger partial charge in [-0.05, 0) is 55.9 Å².